The molecule has 2 heterocycles. The molecular weight excluding hydrogens is 296 g/mol. The van der Waals surface area contributed by atoms with E-state index in [0.717, 1.165) is 43.4 Å². The average molecular weight is 318 g/mol. The molecule has 1 unspecified atom stereocenters. The summed E-state index contributed by atoms with van der Waals surface area (Å²) < 4.78 is 0. The van der Waals surface area contributed by atoms with Crippen LogP contribution in [0.15, 0.2) is 10.9 Å². The van der Waals surface area contributed by atoms with Crippen LogP contribution in [0.5, 0.6) is 0 Å². The summed E-state index contributed by atoms with van der Waals surface area (Å²) in [6.45, 7) is 0.698. The second kappa shape index (κ2) is 6.56. The Morgan fingerprint density at radius 1 is 1.17 bits per heavy atom. The molecule has 0 aromatic carbocycles. The standard InChI is InChI=1S/C17H22N2O4/c20-15-13(9-11-5-2-1-3-7-14(11)18-15)16(21)19-8-4-6-12(10-19)17(22)23/h9,12H,1-8,10H2,(H,18,20)(H,22,23). The second-order valence-electron chi connectivity index (χ2n) is 6.51. The van der Waals surface area contributed by atoms with Gasteiger partial charge in [-0.1, -0.05) is 6.42 Å². The largest absolute Gasteiger partial charge is 0.481 e. The zero-order chi connectivity index (χ0) is 16.4. The number of amides is 1. The van der Waals surface area contributed by atoms with E-state index in [-0.39, 0.29) is 23.6 Å². The number of pyridine rings is 1. The van der Waals surface area contributed by atoms with Gasteiger partial charge in [-0.05, 0) is 50.2 Å². The van der Waals surface area contributed by atoms with Crippen LogP contribution in [0.4, 0.5) is 0 Å². The van der Waals surface area contributed by atoms with E-state index in [1.54, 1.807) is 6.07 Å². The Hall–Kier alpha value is -2.11. The Balaban J connectivity index is 1.86. The van der Waals surface area contributed by atoms with Crippen LogP contribution in [-0.2, 0) is 17.6 Å². The normalized spacial score (nSPS) is 21.4. The van der Waals surface area contributed by atoms with Crippen molar-refractivity contribution in [3.8, 4) is 0 Å². The van der Waals surface area contributed by atoms with Crippen LogP contribution in [0.2, 0.25) is 0 Å². The number of fused-ring (bicyclic) bond motifs is 1. The summed E-state index contributed by atoms with van der Waals surface area (Å²) in [7, 11) is 0. The van der Waals surface area contributed by atoms with Gasteiger partial charge < -0.3 is 15.0 Å². The molecule has 23 heavy (non-hydrogen) atoms. The van der Waals surface area contributed by atoms with E-state index in [1.165, 1.54) is 4.90 Å². The van der Waals surface area contributed by atoms with Gasteiger partial charge in [0.25, 0.3) is 11.5 Å². The van der Waals surface area contributed by atoms with Crippen molar-refractivity contribution in [2.45, 2.75) is 44.9 Å². The highest BCUT2D eigenvalue weighted by Crippen LogP contribution is 2.21. The summed E-state index contributed by atoms with van der Waals surface area (Å²) in [5.74, 6) is -1.75. The molecule has 6 nitrogen and oxygen atoms in total. The Labute approximate surface area is 134 Å². The fourth-order valence-corrected chi connectivity index (χ4v) is 3.54. The number of aromatic amines is 1. The van der Waals surface area contributed by atoms with Crippen molar-refractivity contribution >= 4 is 11.9 Å². The maximum atomic E-state index is 12.7. The van der Waals surface area contributed by atoms with Gasteiger partial charge in [-0.2, -0.15) is 0 Å². The first kappa shape index (κ1) is 15.8. The summed E-state index contributed by atoms with van der Waals surface area (Å²) in [5, 5.41) is 9.15. The molecule has 1 aromatic rings. The topological polar surface area (TPSA) is 90.5 Å². The highest BCUT2D eigenvalue weighted by atomic mass is 16.4. The summed E-state index contributed by atoms with van der Waals surface area (Å²) in [5.41, 5.74) is 1.80. The second-order valence-corrected chi connectivity index (χ2v) is 6.51. The highest BCUT2D eigenvalue weighted by Gasteiger charge is 2.30. The summed E-state index contributed by atoms with van der Waals surface area (Å²) >= 11 is 0. The number of piperidine rings is 1. The Morgan fingerprint density at radius 2 is 1.96 bits per heavy atom. The van der Waals surface area contributed by atoms with Gasteiger partial charge >= 0.3 is 5.97 Å². The minimum Gasteiger partial charge on any atom is -0.481 e. The van der Waals surface area contributed by atoms with Crippen molar-refractivity contribution in [3.63, 3.8) is 0 Å². The molecule has 124 valence electrons. The lowest BCUT2D eigenvalue weighted by molar-refractivity contribution is -0.143. The highest BCUT2D eigenvalue weighted by molar-refractivity contribution is 5.94. The number of carboxylic acid groups (broad SMARTS) is 1. The number of nitrogens with zero attached hydrogens (tertiary/aromatic N) is 1. The number of aromatic nitrogens is 1. The SMILES string of the molecule is O=C(O)C1CCCN(C(=O)c2cc3c([nH]c2=O)CCCCC3)C1. The predicted octanol–water partition coefficient (Wildman–Crippen LogP) is 1.58. The fourth-order valence-electron chi connectivity index (χ4n) is 3.54. The smallest absolute Gasteiger partial charge is 0.308 e. The van der Waals surface area contributed by atoms with Crippen molar-refractivity contribution in [1.82, 2.24) is 9.88 Å². The van der Waals surface area contributed by atoms with Gasteiger partial charge in [0.15, 0.2) is 0 Å². The van der Waals surface area contributed by atoms with Crippen LogP contribution >= 0.6 is 0 Å². The maximum absolute atomic E-state index is 12.7. The molecule has 0 bridgehead atoms. The molecule has 1 atom stereocenters. The molecule has 1 fully saturated rings. The molecule has 1 aromatic heterocycles. The molecule has 3 rings (SSSR count). The number of carboxylic acids is 1. The number of H-pyrrole nitrogens is 1. The van der Waals surface area contributed by atoms with E-state index in [9.17, 15) is 14.4 Å². The minimum atomic E-state index is -0.877. The van der Waals surface area contributed by atoms with Gasteiger partial charge in [0.2, 0.25) is 0 Å². The molecule has 0 saturated carbocycles. The molecule has 6 heteroatoms. The van der Waals surface area contributed by atoms with E-state index in [0.29, 0.717) is 19.4 Å². The first-order chi connectivity index (χ1) is 11.1. The third-order valence-electron chi connectivity index (χ3n) is 4.88. The van der Waals surface area contributed by atoms with Crippen molar-refractivity contribution < 1.29 is 14.7 Å². The van der Waals surface area contributed by atoms with Gasteiger partial charge in [0.1, 0.15) is 5.56 Å². The first-order valence-corrected chi connectivity index (χ1v) is 8.33. The number of likely N-dealkylation sites (tertiary alicyclic amines) is 1. The lowest BCUT2D eigenvalue weighted by Gasteiger charge is -2.30. The predicted molar refractivity (Wildman–Crippen MR) is 84.6 cm³/mol. The van der Waals surface area contributed by atoms with Crippen molar-refractivity contribution in [2.24, 2.45) is 5.92 Å². The number of hydrogen-bond acceptors (Lipinski definition) is 3. The summed E-state index contributed by atoms with van der Waals surface area (Å²) in [4.78, 5) is 40.5. The Kier molecular flexibility index (Phi) is 4.50. The summed E-state index contributed by atoms with van der Waals surface area (Å²) in [6, 6.07) is 1.73. The molecule has 1 amide bonds. The number of rotatable bonds is 2. The molecule has 0 radical (unpaired) electrons. The Bertz CT molecular complexity index is 680. The zero-order valence-corrected chi connectivity index (χ0v) is 13.1. The average Bonchev–Trinajstić information content (AvgIpc) is 2.78. The van der Waals surface area contributed by atoms with Crippen LogP contribution in [0, 0.1) is 5.92 Å². The lowest BCUT2D eigenvalue weighted by atomic mass is 9.97. The third kappa shape index (κ3) is 3.30. The van der Waals surface area contributed by atoms with Gasteiger partial charge in [-0.25, -0.2) is 0 Å². The van der Waals surface area contributed by atoms with Crippen molar-refractivity contribution in [1.29, 1.82) is 0 Å². The number of nitrogens with one attached hydrogen (secondary N) is 1. The zero-order valence-electron chi connectivity index (χ0n) is 13.1. The van der Waals surface area contributed by atoms with E-state index in [1.807, 2.05) is 0 Å². The maximum Gasteiger partial charge on any atom is 0.308 e. The molecular formula is C17H22N2O4. The van der Waals surface area contributed by atoms with E-state index in [4.69, 9.17) is 5.11 Å². The van der Waals surface area contributed by atoms with Crippen LogP contribution in [0.3, 0.4) is 0 Å². The minimum absolute atomic E-state index is 0.150. The van der Waals surface area contributed by atoms with Crippen molar-refractivity contribution in [3.05, 3.63) is 33.2 Å². The monoisotopic (exact) mass is 318 g/mol. The van der Waals surface area contributed by atoms with Gasteiger partial charge in [-0.15, -0.1) is 0 Å². The molecule has 2 N–H and O–H groups in total. The van der Waals surface area contributed by atoms with Crippen LogP contribution < -0.4 is 5.56 Å². The Morgan fingerprint density at radius 3 is 2.74 bits per heavy atom. The number of carbonyl (C=O) groups excluding carboxylic acids is 1. The molecule has 1 saturated heterocycles. The van der Waals surface area contributed by atoms with Gasteiger partial charge in [-0.3, -0.25) is 14.4 Å². The number of hydrogen-bond donors (Lipinski definition) is 2. The number of aryl methyl sites for hydroxylation is 2. The number of aliphatic carboxylic acids is 1. The fraction of sp³-hybridized carbons (Fsp3) is 0.588. The van der Waals surface area contributed by atoms with Crippen LogP contribution in [0.1, 0.15) is 53.7 Å². The van der Waals surface area contributed by atoms with Crippen LogP contribution in [0.25, 0.3) is 0 Å². The van der Waals surface area contributed by atoms with E-state index < -0.39 is 11.9 Å². The quantitative estimate of drug-likeness (QED) is 0.810. The first-order valence-electron chi connectivity index (χ1n) is 8.33. The molecule has 0 spiro atoms. The van der Waals surface area contributed by atoms with E-state index in [2.05, 4.69) is 4.98 Å². The van der Waals surface area contributed by atoms with Crippen molar-refractivity contribution in [2.75, 3.05) is 13.1 Å². The van der Waals surface area contributed by atoms with E-state index >= 15 is 0 Å². The third-order valence-corrected chi connectivity index (χ3v) is 4.88. The number of carbonyl (C=O) groups is 2. The lowest BCUT2D eigenvalue weighted by Crippen LogP contribution is -2.44. The summed E-state index contributed by atoms with van der Waals surface area (Å²) in [6.07, 6.45) is 6.23. The molecule has 2 aliphatic rings. The van der Waals surface area contributed by atoms with Crippen LogP contribution in [-0.4, -0.2) is 40.0 Å². The molecule has 1 aliphatic carbocycles. The molecule has 1 aliphatic heterocycles. The van der Waals surface area contributed by atoms with Gasteiger partial charge in [0.05, 0.1) is 5.92 Å². The van der Waals surface area contributed by atoms with Gasteiger partial charge in [0, 0.05) is 18.8 Å².